The Balaban J connectivity index is 1.72. The fourth-order valence-corrected chi connectivity index (χ4v) is 3.33. The van der Waals surface area contributed by atoms with Gasteiger partial charge < -0.3 is 15.8 Å². The molecule has 2 unspecified atom stereocenters. The highest BCUT2D eigenvalue weighted by Gasteiger charge is 2.37. The first kappa shape index (κ1) is 19.9. The first-order valence-corrected chi connectivity index (χ1v) is 9.82. The maximum Gasteiger partial charge on any atom is 0.222 e. The van der Waals surface area contributed by atoms with Crippen LogP contribution in [0.25, 0.3) is 0 Å². The predicted molar refractivity (Wildman–Crippen MR) is 115 cm³/mol. The number of hydrogen-bond donors (Lipinski definition) is 2. The van der Waals surface area contributed by atoms with Crippen LogP contribution in [0.1, 0.15) is 45.1 Å². The highest BCUT2D eigenvalue weighted by molar-refractivity contribution is 5.76. The molecule has 2 atom stereocenters. The monoisotopic (exact) mass is 379 g/mol. The molecule has 0 radical (unpaired) electrons. The molecule has 0 bridgehead atoms. The Morgan fingerprint density at radius 2 is 2.04 bits per heavy atom. The molecule has 0 saturated heterocycles. The van der Waals surface area contributed by atoms with E-state index in [1.54, 1.807) is 6.20 Å². The minimum Gasteiger partial charge on any atom is -0.484 e. The lowest BCUT2D eigenvalue weighted by molar-refractivity contribution is 0.316. The topological polar surface area (TPSA) is 85.4 Å². The molecule has 3 N–H and O–H groups in total. The minimum atomic E-state index is -0.203. The lowest BCUT2D eigenvalue weighted by Gasteiger charge is -2.32. The third-order valence-corrected chi connectivity index (χ3v) is 5.44. The summed E-state index contributed by atoms with van der Waals surface area (Å²) in [5, 5.41) is 3.29. The average molecular weight is 380 g/mol. The molecular weight excluding hydrogens is 350 g/mol. The van der Waals surface area contributed by atoms with Crippen LogP contribution in [0.15, 0.2) is 53.3 Å². The van der Waals surface area contributed by atoms with Crippen LogP contribution in [0.3, 0.4) is 0 Å². The first-order valence-electron chi connectivity index (χ1n) is 9.82. The standard InChI is InChI=1S/C22H29N5O/c1-4-5-11-25-20-19(13-26-21(23)27-20)28-14-18-12-24-15-22(18,3)16(2)17-9-7-6-8-10-17/h6-10,12-13,15-16H,4-5,11,14H2,1-3H3,(H3,23,25,26,27). The third kappa shape index (κ3) is 4.32. The lowest BCUT2D eigenvalue weighted by Crippen LogP contribution is -2.29. The summed E-state index contributed by atoms with van der Waals surface area (Å²) in [5.41, 5.74) is 7.95. The number of nitrogen functional groups attached to an aromatic ring is 1. The van der Waals surface area contributed by atoms with E-state index < -0.39 is 0 Å². The molecule has 148 valence electrons. The van der Waals surface area contributed by atoms with Crippen molar-refractivity contribution in [2.45, 2.75) is 39.5 Å². The number of nitrogens with two attached hydrogens (primary N) is 1. The van der Waals surface area contributed by atoms with Crippen LogP contribution in [0.2, 0.25) is 0 Å². The molecule has 2 heterocycles. The van der Waals surface area contributed by atoms with Gasteiger partial charge in [-0.05, 0) is 23.5 Å². The van der Waals surface area contributed by atoms with Crippen LogP contribution in [0.5, 0.6) is 5.75 Å². The summed E-state index contributed by atoms with van der Waals surface area (Å²) in [6, 6.07) is 10.5. The van der Waals surface area contributed by atoms with E-state index in [1.165, 1.54) is 5.56 Å². The summed E-state index contributed by atoms with van der Waals surface area (Å²) >= 11 is 0. The number of rotatable bonds is 9. The van der Waals surface area contributed by atoms with Gasteiger partial charge in [-0.2, -0.15) is 4.98 Å². The quantitative estimate of drug-likeness (QED) is 0.630. The number of nitrogens with zero attached hydrogens (tertiary/aromatic N) is 3. The van der Waals surface area contributed by atoms with Crippen molar-refractivity contribution >= 4 is 18.0 Å². The normalized spacial score (nSPS) is 19.3. The molecule has 6 nitrogen and oxygen atoms in total. The third-order valence-electron chi connectivity index (χ3n) is 5.44. The van der Waals surface area contributed by atoms with Gasteiger partial charge in [0.15, 0.2) is 11.6 Å². The largest absolute Gasteiger partial charge is 0.484 e. The van der Waals surface area contributed by atoms with Crippen molar-refractivity contribution in [1.82, 2.24) is 9.97 Å². The van der Waals surface area contributed by atoms with E-state index in [1.807, 2.05) is 18.5 Å². The van der Waals surface area contributed by atoms with Gasteiger partial charge in [0.2, 0.25) is 5.95 Å². The molecule has 3 rings (SSSR count). The van der Waals surface area contributed by atoms with Gasteiger partial charge >= 0.3 is 0 Å². The lowest BCUT2D eigenvalue weighted by atomic mass is 9.71. The maximum atomic E-state index is 6.10. The van der Waals surface area contributed by atoms with E-state index >= 15 is 0 Å². The fraction of sp³-hybridized carbons (Fsp3) is 0.409. The second-order valence-corrected chi connectivity index (χ2v) is 7.36. The van der Waals surface area contributed by atoms with Crippen molar-refractivity contribution in [1.29, 1.82) is 0 Å². The van der Waals surface area contributed by atoms with E-state index in [0.717, 1.165) is 25.0 Å². The predicted octanol–water partition coefficient (Wildman–Crippen LogP) is 4.43. The molecule has 0 aliphatic carbocycles. The van der Waals surface area contributed by atoms with E-state index in [2.05, 4.69) is 65.3 Å². The zero-order chi connectivity index (χ0) is 20.0. The van der Waals surface area contributed by atoms with E-state index in [4.69, 9.17) is 10.5 Å². The second-order valence-electron chi connectivity index (χ2n) is 7.36. The highest BCUT2D eigenvalue weighted by Crippen LogP contribution is 2.43. The van der Waals surface area contributed by atoms with Gasteiger partial charge in [-0.15, -0.1) is 0 Å². The Labute approximate surface area is 167 Å². The van der Waals surface area contributed by atoms with Gasteiger partial charge in [-0.1, -0.05) is 57.5 Å². The molecule has 1 aliphatic heterocycles. The summed E-state index contributed by atoms with van der Waals surface area (Å²) in [6.45, 7) is 7.82. The fourth-order valence-electron chi connectivity index (χ4n) is 3.33. The van der Waals surface area contributed by atoms with Gasteiger partial charge in [-0.3, -0.25) is 4.99 Å². The SMILES string of the molecule is CCCCNc1nc(N)ncc1OCC1=CN=CC1(C)C(C)c1ccccc1. The number of hydrogen-bond acceptors (Lipinski definition) is 6. The summed E-state index contributed by atoms with van der Waals surface area (Å²) in [4.78, 5) is 12.8. The van der Waals surface area contributed by atoms with Crippen molar-refractivity contribution in [2.24, 2.45) is 10.4 Å². The van der Waals surface area contributed by atoms with Crippen molar-refractivity contribution in [2.75, 3.05) is 24.2 Å². The van der Waals surface area contributed by atoms with Crippen LogP contribution in [-0.4, -0.2) is 29.3 Å². The highest BCUT2D eigenvalue weighted by atomic mass is 16.5. The number of aromatic nitrogens is 2. The summed E-state index contributed by atoms with van der Waals surface area (Å²) in [7, 11) is 0. The number of unbranched alkanes of at least 4 members (excludes halogenated alkanes) is 1. The van der Waals surface area contributed by atoms with Crippen molar-refractivity contribution in [3.05, 3.63) is 53.9 Å². The second kappa shape index (κ2) is 8.87. The summed E-state index contributed by atoms with van der Waals surface area (Å²) in [6.07, 6.45) is 7.70. The van der Waals surface area contributed by atoms with Crippen molar-refractivity contribution < 1.29 is 4.74 Å². The molecule has 1 aromatic carbocycles. The molecule has 0 amide bonds. The molecular formula is C22H29N5O. The number of anilines is 2. The Morgan fingerprint density at radius 1 is 1.25 bits per heavy atom. The van der Waals surface area contributed by atoms with Crippen LogP contribution >= 0.6 is 0 Å². The molecule has 1 aromatic heterocycles. The number of aliphatic imine (C=N–C) groups is 1. The van der Waals surface area contributed by atoms with Crippen LogP contribution in [0, 0.1) is 5.41 Å². The van der Waals surface area contributed by atoms with Crippen molar-refractivity contribution in [3.8, 4) is 5.75 Å². The Bertz CT molecular complexity index is 849. The molecule has 1 aliphatic rings. The molecule has 0 saturated carbocycles. The molecule has 0 fully saturated rings. The zero-order valence-corrected chi connectivity index (χ0v) is 16.9. The van der Waals surface area contributed by atoms with E-state index in [9.17, 15) is 0 Å². The number of ether oxygens (including phenoxy) is 1. The van der Waals surface area contributed by atoms with Gasteiger partial charge in [0, 0.05) is 24.4 Å². The maximum absolute atomic E-state index is 6.10. The number of benzene rings is 1. The van der Waals surface area contributed by atoms with Gasteiger partial charge in [0.25, 0.3) is 0 Å². The molecule has 6 heteroatoms. The summed E-state index contributed by atoms with van der Waals surface area (Å²) in [5.74, 6) is 1.75. The Morgan fingerprint density at radius 3 is 2.79 bits per heavy atom. The first-order chi connectivity index (χ1) is 13.5. The minimum absolute atomic E-state index is 0.203. The van der Waals surface area contributed by atoms with E-state index in [-0.39, 0.29) is 17.3 Å². The van der Waals surface area contributed by atoms with Gasteiger partial charge in [-0.25, -0.2) is 4.98 Å². The number of nitrogens with one attached hydrogen (secondary N) is 1. The van der Waals surface area contributed by atoms with Crippen LogP contribution in [0.4, 0.5) is 11.8 Å². The molecule has 2 aromatic rings. The smallest absolute Gasteiger partial charge is 0.222 e. The summed E-state index contributed by atoms with van der Waals surface area (Å²) < 4.78 is 6.10. The molecule has 28 heavy (non-hydrogen) atoms. The van der Waals surface area contributed by atoms with Crippen LogP contribution < -0.4 is 15.8 Å². The Kier molecular flexibility index (Phi) is 6.29. The van der Waals surface area contributed by atoms with Gasteiger partial charge in [0.05, 0.1) is 6.20 Å². The van der Waals surface area contributed by atoms with Crippen molar-refractivity contribution in [3.63, 3.8) is 0 Å². The van der Waals surface area contributed by atoms with Crippen LogP contribution in [-0.2, 0) is 0 Å². The zero-order valence-electron chi connectivity index (χ0n) is 16.9. The molecule has 0 spiro atoms. The van der Waals surface area contributed by atoms with E-state index in [0.29, 0.717) is 18.2 Å². The van der Waals surface area contributed by atoms with Gasteiger partial charge in [0.1, 0.15) is 6.61 Å². The Hall–Kier alpha value is -2.89. The average Bonchev–Trinajstić information content (AvgIpc) is 3.09.